The van der Waals surface area contributed by atoms with E-state index < -0.39 is 31.7 Å². The number of amides is 4. The Morgan fingerprint density at radius 2 is 1.00 bits per heavy atom. The number of rotatable bonds is 7. The summed E-state index contributed by atoms with van der Waals surface area (Å²) in [7, 11) is -6.30. The van der Waals surface area contributed by atoms with Crippen LogP contribution in [0.15, 0.2) is 71.5 Å². The quantitative estimate of drug-likeness (QED) is 0.432. The van der Waals surface area contributed by atoms with Crippen LogP contribution in [0.25, 0.3) is 11.1 Å². The van der Waals surface area contributed by atoms with Gasteiger partial charge in [-0.2, -0.15) is 0 Å². The highest BCUT2D eigenvalue weighted by Crippen LogP contribution is 2.23. The van der Waals surface area contributed by atoms with Gasteiger partial charge in [-0.1, -0.05) is 36.4 Å². The van der Waals surface area contributed by atoms with E-state index in [4.69, 9.17) is 0 Å². The second-order valence-electron chi connectivity index (χ2n) is 8.66. The molecule has 2 heterocycles. The van der Waals surface area contributed by atoms with Crippen LogP contribution in [0.4, 0.5) is 21.0 Å². The Balaban J connectivity index is 1.23. The van der Waals surface area contributed by atoms with Crippen LogP contribution in [-0.2, 0) is 19.7 Å². The number of hydrogen-bond donors (Lipinski definition) is 4. The summed E-state index contributed by atoms with van der Waals surface area (Å²) in [6.07, 6.45) is 3.17. The van der Waals surface area contributed by atoms with Gasteiger partial charge in [-0.05, 0) is 35.4 Å². The lowest BCUT2D eigenvalue weighted by Gasteiger charge is -2.12. The number of sulfone groups is 2. The molecule has 4 N–H and O–H groups in total. The van der Waals surface area contributed by atoms with Crippen LogP contribution < -0.4 is 21.3 Å². The first-order valence-electron chi connectivity index (χ1n) is 11.2. The molecular formula is C24H26N4O6S2. The Morgan fingerprint density at radius 1 is 0.639 bits per heavy atom. The number of urea groups is 2. The third-order valence-corrected chi connectivity index (χ3v) is 8.61. The van der Waals surface area contributed by atoms with Crippen LogP contribution in [0.5, 0.6) is 0 Å². The van der Waals surface area contributed by atoms with Gasteiger partial charge in [0.2, 0.25) is 0 Å². The maximum absolute atomic E-state index is 12.1. The molecule has 2 aliphatic rings. The highest BCUT2D eigenvalue weighted by molar-refractivity contribution is 7.94. The highest BCUT2D eigenvalue weighted by Gasteiger charge is 2.22. The summed E-state index contributed by atoms with van der Waals surface area (Å²) in [5.41, 5.74) is 3.00. The molecule has 0 saturated heterocycles. The van der Waals surface area contributed by atoms with Crippen LogP contribution in [0, 0.1) is 11.8 Å². The monoisotopic (exact) mass is 530 g/mol. The normalized spacial score (nSPS) is 21.1. The van der Waals surface area contributed by atoms with E-state index in [2.05, 4.69) is 21.3 Å². The van der Waals surface area contributed by atoms with Crippen molar-refractivity contribution in [3.8, 4) is 11.1 Å². The van der Waals surface area contributed by atoms with Crippen molar-refractivity contribution in [1.82, 2.24) is 10.6 Å². The largest absolute Gasteiger partial charge is 0.337 e. The molecule has 2 aliphatic heterocycles. The molecule has 0 fully saturated rings. The van der Waals surface area contributed by atoms with Gasteiger partial charge in [-0.15, -0.1) is 0 Å². The van der Waals surface area contributed by atoms with Gasteiger partial charge in [0.25, 0.3) is 0 Å². The zero-order valence-corrected chi connectivity index (χ0v) is 20.8. The van der Waals surface area contributed by atoms with Crippen LogP contribution >= 0.6 is 0 Å². The average Bonchev–Trinajstić information content (AvgIpc) is 3.37. The average molecular weight is 531 g/mol. The van der Waals surface area contributed by atoms with Crippen molar-refractivity contribution >= 4 is 43.1 Å². The van der Waals surface area contributed by atoms with Gasteiger partial charge in [0.1, 0.15) is 0 Å². The number of anilines is 2. The van der Waals surface area contributed by atoms with Crippen LogP contribution in [0.1, 0.15) is 0 Å². The van der Waals surface area contributed by atoms with E-state index in [9.17, 15) is 26.4 Å². The van der Waals surface area contributed by atoms with Gasteiger partial charge in [0.05, 0.1) is 11.5 Å². The van der Waals surface area contributed by atoms with E-state index in [0.717, 1.165) is 11.1 Å². The fourth-order valence-electron chi connectivity index (χ4n) is 3.82. The SMILES string of the molecule is O=C(NC[C@@H]1C=CS(=O)(=O)C1)Nc1ccc(-c2ccc(NC(=O)NC[C@@H]3C=CS(=O)(=O)C3)cc2)cc1. The predicted octanol–water partition coefficient (Wildman–Crippen LogP) is 2.71. The minimum absolute atomic E-state index is 0.00540. The summed E-state index contributed by atoms with van der Waals surface area (Å²) in [5, 5.41) is 13.1. The standard InChI is InChI=1S/C24H26N4O6S2/c29-23(25-13-17-9-11-35(31,32)15-17)27-21-5-1-19(2-6-21)20-3-7-22(8-4-20)28-24(30)26-14-18-10-12-36(33,34)16-18/h1-12,17-18H,13-16H2,(H2,25,27,29)(H2,26,28,30)/t17-,18-/m0/s1. The van der Waals surface area contributed by atoms with E-state index in [1.807, 2.05) is 24.3 Å². The fourth-order valence-corrected chi connectivity index (χ4v) is 6.62. The molecule has 0 saturated carbocycles. The van der Waals surface area contributed by atoms with Crippen molar-refractivity contribution in [2.45, 2.75) is 0 Å². The molecule has 4 rings (SSSR count). The molecule has 0 unspecified atom stereocenters. The van der Waals surface area contributed by atoms with Crippen molar-refractivity contribution in [2.24, 2.45) is 11.8 Å². The lowest BCUT2D eigenvalue weighted by molar-refractivity contribution is 0.250. The van der Waals surface area contributed by atoms with Crippen molar-refractivity contribution in [3.63, 3.8) is 0 Å². The van der Waals surface area contributed by atoms with E-state index in [1.54, 1.807) is 36.4 Å². The first-order chi connectivity index (χ1) is 17.1. The Morgan fingerprint density at radius 3 is 1.31 bits per heavy atom. The van der Waals surface area contributed by atoms with Crippen molar-refractivity contribution in [1.29, 1.82) is 0 Å². The molecule has 2 aromatic rings. The second kappa shape index (κ2) is 10.5. The molecule has 0 aromatic heterocycles. The summed E-state index contributed by atoms with van der Waals surface area (Å²) < 4.78 is 45.7. The Kier molecular flexibility index (Phi) is 7.45. The summed E-state index contributed by atoms with van der Waals surface area (Å²) >= 11 is 0. The Hall–Kier alpha value is -3.64. The number of carbonyl (C=O) groups is 2. The molecule has 2 aromatic carbocycles. The third-order valence-electron chi connectivity index (χ3n) is 5.68. The van der Waals surface area contributed by atoms with Crippen molar-refractivity contribution in [3.05, 3.63) is 71.5 Å². The summed E-state index contributed by atoms with van der Waals surface area (Å²) in [6, 6.07) is 13.6. The predicted molar refractivity (Wildman–Crippen MR) is 139 cm³/mol. The lowest BCUT2D eigenvalue weighted by atomic mass is 10.1. The number of benzene rings is 2. The van der Waals surface area contributed by atoms with Crippen molar-refractivity contribution in [2.75, 3.05) is 35.2 Å². The summed E-state index contributed by atoms with van der Waals surface area (Å²) in [5.74, 6) is -0.443. The number of nitrogens with one attached hydrogen (secondary N) is 4. The molecule has 0 aliphatic carbocycles. The summed E-state index contributed by atoms with van der Waals surface area (Å²) in [4.78, 5) is 24.2. The first-order valence-corrected chi connectivity index (χ1v) is 14.6. The number of hydrogen-bond acceptors (Lipinski definition) is 6. The van der Waals surface area contributed by atoms with Crippen LogP contribution in [0.2, 0.25) is 0 Å². The van der Waals surface area contributed by atoms with E-state index in [-0.39, 0.29) is 36.4 Å². The highest BCUT2D eigenvalue weighted by atomic mass is 32.2. The van der Waals surface area contributed by atoms with E-state index >= 15 is 0 Å². The van der Waals surface area contributed by atoms with Crippen LogP contribution in [-0.4, -0.2) is 53.5 Å². The smallest absolute Gasteiger partial charge is 0.319 e. The molecular weight excluding hydrogens is 504 g/mol. The topological polar surface area (TPSA) is 151 Å². The maximum atomic E-state index is 12.1. The first kappa shape index (κ1) is 25.5. The van der Waals surface area contributed by atoms with Gasteiger partial charge in [-0.25, -0.2) is 26.4 Å². The molecule has 36 heavy (non-hydrogen) atoms. The molecule has 4 amide bonds. The van der Waals surface area contributed by atoms with Gasteiger partial charge in [-0.3, -0.25) is 0 Å². The van der Waals surface area contributed by atoms with Gasteiger partial charge in [0.15, 0.2) is 19.7 Å². The molecule has 190 valence electrons. The Bertz CT molecular complexity index is 1290. The zero-order valence-electron chi connectivity index (χ0n) is 19.2. The van der Waals surface area contributed by atoms with Crippen LogP contribution in [0.3, 0.4) is 0 Å². The zero-order chi connectivity index (χ0) is 25.8. The van der Waals surface area contributed by atoms with E-state index in [1.165, 1.54) is 10.8 Å². The molecule has 2 atom stereocenters. The molecule has 0 radical (unpaired) electrons. The van der Waals surface area contributed by atoms with Crippen molar-refractivity contribution < 1.29 is 26.4 Å². The minimum Gasteiger partial charge on any atom is -0.337 e. The Labute approximate surface area is 209 Å². The molecule has 12 heteroatoms. The van der Waals surface area contributed by atoms with E-state index in [0.29, 0.717) is 11.4 Å². The third kappa shape index (κ3) is 7.18. The maximum Gasteiger partial charge on any atom is 0.319 e. The lowest BCUT2D eigenvalue weighted by Crippen LogP contribution is -2.33. The molecule has 0 bridgehead atoms. The van der Waals surface area contributed by atoms with Gasteiger partial charge in [0, 0.05) is 47.1 Å². The second-order valence-corrected chi connectivity index (χ2v) is 12.5. The molecule has 0 spiro atoms. The van der Waals surface area contributed by atoms with Gasteiger partial charge >= 0.3 is 12.1 Å². The summed E-state index contributed by atoms with van der Waals surface area (Å²) in [6.45, 7) is 0.467. The minimum atomic E-state index is -3.15. The molecule has 10 nitrogen and oxygen atoms in total. The fraction of sp³-hybridized carbons (Fsp3) is 0.250. The number of carbonyl (C=O) groups excluding carboxylic acids is 2. The van der Waals surface area contributed by atoms with Gasteiger partial charge < -0.3 is 21.3 Å².